The van der Waals surface area contributed by atoms with Crippen molar-refractivity contribution in [3.8, 4) is 0 Å². The van der Waals surface area contributed by atoms with Crippen LogP contribution in [0, 0.1) is 24.2 Å². The largest absolute Gasteiger partial charge is 0.482 e. The number of rotatable bonds is 7. The van der Waals surface area contributed by atoms with Crippen molar-refractivity contribution >= 4 is 18.9 Å². The van der Waals surface area contributed by atoms with Gasteiger partial charge in [0.2, 0.25) is 5.91 Å². The summed E-state index contributed by atoms with van der Waals surface area (Å²) < 4.78 is 13.3. The molecule has 4 aliphatic carbocycles. The number of aromatic nitrogens is 2. The van der Waals surface area contributed by atoms with Crippen LogP contribution in [0.2, 0.25) is 0 Å². The highest BCUT2D eigenvalue weighted by atomic mass is 16.7. The topological polar surface area (TPSA) is 102 Å². The van der Waals surface area contributed by atoms with Gasteiger partial charge in [0.05, 0.1) is 23.8 Å². The van der Waals surface area contributed by atoms with Crippen LogP contribution in [0.5, 0.6) is 0 Å². The summed E-state index contributed by atoms with van der Waals surface area (Å²) >= 11 is 0. The molecular formula is C28H35BN4O4. The Morgan fingerprint density at radius 3 is 2.54 bits per heavy atom. The predicted octanol–water partition coefficient (Wildman–Crippen LogP) is 3.04. The molecule has 1 unspecified atom stereocenters. The Hall–Kier alpha value is -2.78. The Kier molecular flexibility index (Phi) is 5.73. The molecule has 2 bridgehead atoms. The minimum absolute atomic E-state index is 0.0259. The lowest BCUT2D eigenvalue weighted by atomic mass is 9.43. The maximum atomic E-state index is 13.6. The van der Waals surface area contributed by atoms with Crippen LogP contribution >= 0.6 is 0 Å². The van der Waals surface area contributed by atoms with Gasteiger partial charge in [-0.05, 0) is 68.8 Å². The van der Waals surface area contributed by atoms with Gasteiger partial charge < -0.3 is 19.9 Å². The molecule has 194 valence electrons. The van der Waals surface area contributed by atoms with Crippen LogP contribution in [0.3, 0.4) is 0 Å². The van der Waals surface area contributed by atoms with E-state index in [0.717, 1.165) is 12.0 Å². The van der Waals surface area contributed by atoms with Gasteiger partial charge in [0.25, 0.3) is 5.91 Å². The molecule has 1 aromatic heterocycles. The van der Waals surface area contributed by atoms with E-state index >= 15 is 0 Å². The van der Waals surface area contributed by atoms with Gasteiger partial charge in [0, 0.05) is 12.4 Å². The summed E-state index contributed by atoms with van der Waals surface area (Å²) in [7, 11) is -0.554. The molecule has 9 heteroatoms. The van der Waals surface area contributed by atoms with E-state index in [1.807, 2.05) is 0 Å². The zero-order chi connectivity index (χ0) is 26.0. The first kappa shape index (κ1) is 24.6. The molecule has 1 aromatic carbocycles. The highest BCUT2D eigenvalue weighted by molar-refractivity contribution is 6.48. The maximum absolute atomic E-state index is 13.6. The molecule has 0 radical (unpaired) electrons. The van der Waals surface area contributed by atoms with Crippen LogP contribution in [0.1, 0.15) is 68.1 Å². The lowest BCUT2D eigenvalue weighted by Gasteiger charge is -2.64. The summed E-state index contributed by atoms with van der Waals surface area (Å²) in [5, 5.41) is 6.12. The molecule has 1 saturated heterocycles. The highest BCUT2D eigenvalue weighted by Crippen LogP contribution is 2.65. The number of nitrogens with one attached hydrogen (secondary N) is 2. The fourth-order valence-corrected chi connectivity index (χ4v) is 6.80. The fourth-order valence-electron chi connectivity index (χ4n) is 6.80. The van der Waals surface area contributed by atoms with E-state index in [1.54, 1.807) is 0 Å². The first-order valence-corrected chi connectivity index (χ1v) is 13.4. The van der Waals surface area contributed by atoms with Crippen LogP contribution < -0.4 is 10.6 Å². The average Bonchev–Trinajstić information content (AvgIpc) is 3.57. The second-order valence-corrected chi connectivity index (χ2v) is 12.2. The van der Waals surface area contributed by atoms with Gasteiger partial charge in [0.15, 0.2) is 0 Å². The number of aryl methyl sites for hydroxylation is 1. The third-order valence-electron chi connectivity index (χ3n) is 9.52. The first-order valence-electron chi connectivity index (χ1n) is 13.4. The second kappa shape index (κ2) is 8.63. The fraction of sp³-hybridized carbons (Fsp3) is 0.571. The summed E-state index contributed by atoms with van der Waals surface area (Å²) in [6, 6.07) is 8.32. The molecule has 2 heterocycles. The van der Waals surface area contributed by atoms with Crippen LogP contribution in [-0.4, -0.2) is 52.1 Å². The van der Waals surface area contributed by atoms with Gasteiger partial charge in [0.1, 0.15) is 11.2 Å². The minimum atomic E-state index is -0.945. The highest BCUT2D eigenvalue weighted by Gasteiger charge is 2.68. The Morgan fingerprint density at radius 1 is 1.14 bits per heavy atom. The molecule has 2 amide bonds. The number of carbonyl (C=O) groups excluding carboxylic acids is 2. The lowest BCUT2D eigenvalue weighted by Crippen LogP contribution is -2.65. The van der Waals surface area contributed by atoms with Gasteiger partial charge in [-0.3, -0.25) is 14.6 Å². The molecule has 0 spiro atoms. The third kappa shape index (κ3) is 4.16. The summed E-state index contributed by atoms with van der Waals surface area (Å²) in [6.45, 7) is 8.92. The molecule has 4 saturated carbocycles. The van der Waals surface area contributed by atoms with E-state index in [4.69, 9.17) is 9.31 Å². The number of hydrogen-bond donors (Lipinski definition) is 2. The summed E-state index contributed by atoms with van der Waals surface area (Å²) in [5.74, 6) is 0.0897. The molecule has 37 heavy (non-hydrogen) atoms. The number of benzene rings is 1. The Balaban J connectivity index is 1.21. The number of carbonyl (C=O) groups is 2. The van der Waals surface area contributed by atoms with Crippen molar-refractivity contribution in [1.82, 2.24) is 20.6 Å². The van der Waals surface area contributed by atoms with Crippen molar-refractivity contribution in [2.75, 3.05) is 0 Å². The van der Waals surface area contributed by atoms with Crippen LogP contribution in [0.25, 0.3) is 0 Å². The van der Waals surface area contributed by atoms with E-state index in [-0.39, 0.29) is 34.7 Å². The van der Waals surface area contributed by atoms with Crippen LogP contribution in [0.15, 0.2) is 42.9 Å². The standard InChI is InChI=1S/C28H35BN4O4/c1-17-5-7-18(8-6-17)13-23(29-36-22-15-19-14-21(26(19,2)3)27(22,4)37-29)32-25(35)28(9-10-28)33-24(34)20-16-30-11-12-31-20/h5-8,11-12,16,19,21-23H,9-10,13-15H2,1-4H3,(H,32,35)(H,33,34)/t19?,21-,22+,23-,27-/m0/s1. The summed E-state index contributed by atoms with van der Waals surface area (Å²) in [4.78, 5) is 34.4. The van der Waals surface area contributed by atoms with Crippen LogP contribution in [-0.2, 0) is 20.5 Å². The molecule has 1 aliphatic heterocycles. The molecule has 5 atom stereocenters. The molecular weight excluding hydrogens is 467 g/mol. The van der Waals surface area contributed by atoms with Crippen LogP contribution in [0.4, 0.5) is 0 Å². The van der Waals surface area contributed by atoms with E-state index in [1.165, 1.54) is 30.6 Å². The first-order chi connectivity index (χ1) is 17.6. The van der Waals surface area contributed by atoms with E-state index in [0.29, 0.717) is 31.1 Å². The monoisotopic (exact) mass is 502 g/mol. The summed E-state index contributed by atoms with van der Waals surface area (Å²) in [6.07, 6.45) is 8.29. The van der Waals surface area contributed by atoms with Gasteiger partial charge in [-0.15, -0.1) is 0 Å². The number of hydrogen-bond acceptors (Lipinski definition) is 6. The van der Waals surface area contributed by atoms with E-state index < -0.39 is 18.6 Å². The van der Waals surface area contributed by atoms with Crippen molar-refractivity contribution in [3.63, 3.8) is 0 Å². The quantitative estimate of drug-likeness (QED) is 0.565. The molecule has 5 aliphatic rings. The third-order valence-corrected chi connectivity index (χ3v) is 9.52. The smallest absolute Gasteiger partial charge is 0.404 e. The Morgan fingerprint density at radius 2 is 1.89 bits per heavy atom. The van der Waals surface area contributed by atoms with Crippen molar-refractivity contribution in [3.05, 3.63) is 59.7 Å². The lowest BCUT2D eigenvalue weighted by molar-refractivity contribution is -0.199. The van der Waals surface area contributed by atoms with Gasteiger partial charge >= 0.3 is 7.12 Å². The van der Waals surface area contributed by atoms with Gasteiger partial charge in [-0.2, -0.15) is 0 Å². The predicted molar refractivity (Wildman–Crippen MR) is 138 cm³/mol. The average molecular weight is 502 g/mol. The number of amides is 2. The second-order valence-electron chi connectivity index (χ2n) is 12.2. The molecule has 5 fully saturated rings. The van der Waals surface area contributed by atoms with Gasteiger partial charge in [-0.1, -0.05) is 43.7 Å². The summed E-state index contributed by atoms with van der Waals surface area (Å²) in [5.41, 5.74) is 1.40. The minimum Gasteiger partial charge on any atom is -0.404 e. The zero-order valence-electron chi connectivity index (χ0n) is 22.0. The van der Waals surface area contributed by atoms with E-state index in [2.05, 4.69) is 72.6 Å². The normalized spacial score (nSPS) is 31.0. The maximum Gasteiger partial charge on any atom is 0.482 e. The van der Waals surface area contributed by atoms with Gasteiger partial charge in [-0.25, -0.2) is 4.98 Å². The molecule has 2 aromatic rings. The number of nitrogens with zero attached hydrogens (tertiary/aromatic N) is 2. The van der Waals surface area contributed by atoms with Crippen molar-refractivity contribution in [1.29, 1.82) is 0 Å². The molecule has 8 nitrogen and oxygen atoms in total. The Labute approximate surface area is 218 Å². The van der Waals surface area contributed by atoms with E-state index in [9.17, 15) is 9.59 Å². The van der Waals surface area contributed by atoms with Crippen molar-refractivity contribution in [2.45, 2.75) is 83.0 Å². The van der Waals surface area contributed by atoms with Crippen molar-refractivity contribution < 1.29 is 18.9 Å². The Bertz CT molecular complexity index is 1200. The van der Waals surface area contributed by atoms with Crippen molar-refractivity contribution in [2.24, 2.45) is 17.3 Å². The SMILES string of the molecule is Cc1ccc(C[C@H](NC(=O)C2(NC(=O)c3cnccn3)CC2)B2O[C@@H]3CC4C[C@@H](C4(C)C)[C@]3(C)O2)cc1. The molecule has 7 rings (SSSR count). The molecule has 2 N–H and O–H groups in total. The zero-order valence-corrected chi connectivity index (χ0v) is 22.0.